The molecule has 0 atom stereocenters. The molecule has 5 heteroatoms. The molecule has 1 saturated heterocycles. The minimum Gasteiger partial charge on any atom is -0.485 e. The van der Waals surface area contributed by atoms with E-state index in [1.807, 2.05) is 30.1 Å². The Bertz CT molecular complexity index is 604. The first-order valence-corrected chi connectivity index (χ1v) is 7.97. The minimum absolute atomic E-state index is 0.304. The first kappa shape index (κ1) is 13.9. The third-order valence-corrected chi connectivity index (χ3v) is 4.44. The summed E-state index contributed by atoms with van der Waals surface area (Å²) < 4.78 is 8.99. The third-order valence-electron chi connectivity index (χ3n) is 3.75. The Morgan fingerprint density at radius 1 is 1.40 bits per heavy atom. The second kappa shape index (κ2) is 5.74. The molecule has 108 valence electrons. The molecule has 0 spiro atoms. The third kappa shape index (κ3) is 2.69. The first-order chi connectivity index (χ1) is 9.67. The molecule has 0 radical (unpaired) electrons. The van der Waals surface area contributed by atoms with E-state index < -0.39 is 0 Å². The van der Waals surface area contributed by atoms with E-state index in [2.05, 4.69) is 32.9 Å². The van der Waals surface area contributed by atoms with E-state index >= 15 is 0 Å². The van der Waals surface area contributed by atoms with Gasteiger partial charge in [0.05, 0.1) is 0 Å². The van der Waals surface area contributed by atoms with Crippen LogP contribution >= 0.6 is 15.9 Å². The Kier molecular flexibility index (Phi) is 3.98. The number of fused-ring (bicyclic) bond motifs is 1. The molecular formula is C15H20BrN3O. The van der Waals surface area contributed by atoms with Crippen molar-refractivity contribution in [2.75, 3.05) is 19.6 Å². The number of hydrogen-bond acceptors (Lipinski definition) is 3. The number of benzene rings is 1. The maximum atomic E-state index is 6.10. The normalized spacial score (nSPS) is 16.6. The number of unbranched alkanes of at least 4 members (excludes halogenated alkanes) is 1. The van der Waals surface area contributed by atoms with Gasteiger partial charge >= 0.3 is 0 Å². The topological polar surface area (TPSA) is 30.3 Å². The summed E-state index contributed by atoms with van der Waals surface area (Å²) in [6, 6.07) is 4.04. The average Bonchev–Trinajstić information content (AvgIpc) is 2.77. The van der Waals surface area contributed by atoms with E-state index in [-0.39, 0.29) is 0 Å². The van der Waals surface area contributed by atoms with E-state index in [0.29, 0.717) is 6.10 Å². The average molecular weight is 338 g/mol. The van der Waals surface area contributed by atoms with E-state index in [9.17, 15) is 0 Å². The number of likely N-dealkylation sites (tertiary alicyclic amines) is 1. The van der Waals surface area contributed by atoms with Crippen molar-refractivity contribution in [3.8, 4) is 5.75 Å². The van der Waals surface area contributed by atoms with Crippen molar-refractivity contribution >= 4 is 26.8 Å². The van der Waals surface area contributed by atoms with Crippen molar-refractivity contribution in [2.45, 2.75) is 25.9 Å². The molecule has 4 nitrogen and oxygen atoms in total. The Balaban J connectivity index is 1.69. The van der Waals surface area contributed by atoms with Gasteiger partial charge in [-0.15, -0.1) is 0 Å². The van der Waals surface area contributed by atoms with Crippen LogP contribution in [0.4, 0.5) is 0 Å². The number of nitrogens with zero attached hydrogens (tertiary/aromatic N) is 3. The lowest BCUT2D eigenvalue weighted by Crippen LogP contribution is -2.53. The number of rotatable bonds is 5. The molecule has 1 aromatic heterocycles. The number of ether oxygens (including phenoxy) is 1. The Morgan fingerprint density at radius 2 is 2.20 bits per heavy atom. The zero-order valence-corrected chi connectivity index (χ0v) is 13.6. The molecule has 2 heterocycles. The minimum atomic E-state index is 0.304. The van der Waals surface area contributed by atoms with Crippen LogP contribution in [0.1, 0.15) is 19.8 Å². The fraction of sp³-hybridized carbons (Fsp3) is 0.533. The molecule has 0 aliphatic carbocycles. The second-order valence-electron chi connectivity index (χ2n) is 5.46. The predicted octanol–water partition coefficient (Wildman–Crippen LogP) is 3.20. The van der Waals surface area contributed by atoms with Crippen LogP contribution in [0.2, 0.25) is 0 Å². The molecule has 2 aromatic rings. The van der Waals surface area contributed by atoms with Crippen LogP contribution in [0.25, 0.3) is 10.9 Å². The Morgan fingerprint density at radius 3 is 2.95 bits per heavy atom. The standard InChI is InChI=1S/C15H20BrN3O/c1-3-4-7-19-8-11(9-19)20-14-6-5-13(16)12-10-18(2)17-15(12)14/h5-6,10-11H,3-4,7-9H2,1-2H3. The summed E-state index contributed by atoms with van der Waals surface area (Å²) in [7, 11) is 1.94. The van der Waals surface area contributed by atoms with Crippen LogP contribution in [0.3, 0.4) is 0 Å². The summed E-state index contributed by atoms with van der Waals surface area (Å²) >= 11 is 3.56. The highest BCUT2D eigenvalue weighted by Gasteiger charge is 2.28. The van der Waals surface area contributed by atoms with Crippen LogP contribution in [0.15, 0.2) is 22.8 Å². The van der Waals surface area contributed by atoms with Crippen LogP contribution in [-0.2, 0) is 7.05 Å². The maximum absolute atomic E-state index is 6.10. The van der Waals surface area contributed by atoms with Gasteiger partial charge in [0.15, 0.2) is 0 Å². The fourth-order valence-electron chi connectivity index (χ4n) is 2.60. The van der Waals surface area contributed by atoms with Gasteiger partial charge in [-0.3, -0.25) is 9.58 Å². The second-order valence-corrected chi connectivity index (χ2v) is 6.32. The summed E-state index contributed by atoms with van der Waals surface area (Å²) in [4.78, 5) is 2.45. The quantitative estimate of drug-likeness (QED) is 0.839. The maximum Gasteiger partial charge on any atom is 0.148 e. The summed E-state index contributed by atoms with van der Waals surface area (Å²) in [6.07, 6.45) is 4.84. The highest BCUT2D eigenvalue weighted by Crippen LogP contribution is 2.32. The van der Waals surface area contributed by atoms with Gasteiger partial charge in [-0.2, -0.15) is 5.10 Å². The van der Waals surface area contributed by atoms with Gasteiger partial charge < -0.3 is 4.74 Å². The molecule has 1 aromatic carbocycles. The smallest absolute Gasteiger partial charge is 0.148 e. The molecule has 0 bridgehead atoms. The zero-order valence-electron chi connectivity index (χ0n) is 12.0. The van der Waals surface area contributed by atoms with Crippen LogP contribution in [-0.4, -0.2) is 40.4 Å². The molecule has 0 amide bonds. The largest absolute Gasteiger partial charge is 0.485 e. The van der Waals surface area contributed by atoms with E-state index in [1.165, 1.54) is 19.4 Å². The lowest BCUT2D eigenvalue weighted by molar-refractivity contribution is 0.0202. The molecule has 0 unspecified atom stereocenters. The summed E-state index contributed by atoms with van der Waals surface area (Å²) in [5, 5.41) is 5.61. The number of hydrogen-bond donors (Lipinski definition) is 0. The molecule has 1 aliphatic heterocycles. The van der Waals surface area contributed by atoms with Gasteiger partial charge in [0.2, 0.25) is 0 Å². The molecule has 0 saturated carbocycles. The Hall–Kier alpha value is -1.07. The van der Waals surface area contributed by atoms with Gasteiger partial charge in [0, 0.05) is 36.2 Å². The van der Waals surface area contributed by atoms with Crippen molar-refractivity contribution < 1.29 is 4.74 Å². The molecule has 3 rings (SSSR count). The van der Waals surface area contributed by atoms with Crippen molar-refractivity contribution in [1.29, 1.82) is 0 Å². The summed E-state index contributed by atoms with van der Waals surface area (Å²) in [5.41, 5.74) is 0.939. The van der Waals surface area contributed by atoms with E-state index in [1.54, 1.807) is 0 Å². The number of halogens is 1. The molecule has 1 aliphatic rings. The van der Waals surface area contributed by atoms with Crippen molar-refractivity contribution in [1.82, 2.24) is 14.7 Å². The van der Waals surface area contributed by atoms with E-state index in [4.69, 9.17) is 4.74 Å². The lowest BCUT2D eigenvalue weighted by atomic mass is 10.1. The molecule has 1 fully saturated rings. The fourth-order valence-corrected chi connectivity index (χ4v) is 3.02. The van der Waals surface area contributed by atoms with Crippen molar-refractivity contribution in [2.24, 2.45) is 7.05 Å². The summed E-state index contributed by atoms with van der Waals surface area (Å²) in [5.74, 6) is 0.893. The summed E-state index contributed by atoms with van der Waals surface area (Å²) in [6.45, 7) is 5.48. The molecule has 0 N–H and O–H groups in total. The van der Waals surface area contributed by atoms with Gasteiger partial charge in [-0.05, 0) is 25.1 Å². The van der Waals surface area contributed by atoms with Crippen LogP contribution in [0, 0.1) is 0 Å². The van der Waals surface area contributed by atoms with Crippen molar-refractivity contribution in [3.05, 3.63) is 22.8 Å². The first-order valence-electron chi connectivity index (χ1n) is 7.18. The van der Waals surface area contributed by atoms with E-state index in [0.717, 1.165) is 34.2 Å². The highest BCUT2D eigenvalue weighted by molar-refractivity contribution is 9.10. The van der Waals surface area contributed by atoms with Crippen LogP contribution in [0.5, 0.6) is 5.75 Å². The zero-order chi connectivity index (χ0) is 14.1. The lowest BCUT2D eigenvalue weighted by Gasteiger charge is -2.39. The highest BCUT2D eigenvalue weighted by atomic mass is 79.9. The number of aromatic nitrogens is 2. The van der Waals surface area contributed by atoms with Gasteiger partial charge in [-0.1, -0.05) is 29.3 Å². The monoisotopic (exact) mass is 337 g/mol. The van der Waals surface area contributed by atoms with Crippen LogP contribution < -0.4 is 4.74 Å². The van der Waals surface area contributed by atoms with Crippen molar-refractivity contribution in [3.63, 3.8) is 0 Å². The molecule has 20 heavy (non-hydrogen) atoms. The van der Waals surface area contributed by atoms with Gasteiger partial charge in [0.1, 0.15) is 17.4 Å². The Labute approximate surface area is 127 Å². The SMILES string of the molecule is CCCCN1CC(Oc2ccc(Br)c3cn(C)nc23)C1. The molecular weight excluding hydrogens is 318 g/mol. The number of aryl methyl sites for hydroxylation is 1. The van der Waals surface area contributed by atoms with Gasteiger partial charge in [0.25, 0.3) is 0 Å². The predicted molar refractivity (Wildman–Crippen MR) is 84.2 cm³/mol. The van der Waals surface area contributed by atoms with Gasteiger partial charge in [-0.25, -0.2) is 0 Å².